The number of carbonyl (C=O) groups is 1. The Morgan fingerprint density at radius 2 is 2.14 bits per heavy atom. The SMILES string of the molecule is Cn1ncc2c(c1=O)SCCNC2C(=O)c1ccccc1. The van der Waals surface area contributed by atoms with E-state index in [-0.39, 0.29) is 11.3 Å². The summed E-state index contributed by atoms with van der Waals surface area (Å²) in [4.78, 5) is 25.5. The lowest BCUT2D eigenvalue weighted by Gasteiger charge is -2.17. The summed E-state index contributed by atoms with van der Waals surface area (Å²) in [6.45, 7) is 0.672. The highest BCUT2D eigenvalue weighted by Gasteiger charge is 2.28. The number of carbonyl (C=O) groups excluding carboxylic acids is 1. The van der Waals surface area contributed by atoms with E-state index in [9.17, 15) is 9.59 Å². The average molecular weight is 301 g/mol. The van der Waals surface area contributed by atoms with Crippen LogP contribution in [0.2, 0.25) is 0 Å². The van der Waals surface area contributed by atoms with Crippen LogP contribution >= 0.6 is 11.8 Å². The maximum absolute atomic E-state index is 12.7. The lowest BCUT2D eigenvalue weighted by molar-refractivity contribution is 0.0943. The van der Waals surface area contributed by atoms with Crippen LogP contribution in [0.5, 0.6) is 0 Å². The Morgan fingerprint density at radius 1 is 1.38 bits per heavy atom. The van der Waals surface area contributed by atoms with Crippen LogP contribution in [0.3, 0.4) is 0 Å². The van der Waals surface area contributed by atoms with Crippen molar-refractivity contribution < 1.29 is 4.79 Å². The quantitative estimate of drug-likeness (QED) is 0.850. The van der Waals surface area contributed by atoms with Crippen LogP contribution in [-0.2, 0) is 7.05 Å². The first-order valence-corrected chi connectivity index (χ1v) is 7.68. The Labute approximate surface area is 126 Å². The average Bonchev–Trinajstić information content (AvgIpc) is 2.74. The molecular formula is C15H15N3O2S. The van der Waals surface area contributed by atoms with Gasteiger partial charge in [-0.05, 0) is 0 Å². The third-order valence-corrected chi connectivity index (χ3v) is 4.56. The second kappa shape index (κ2) is 5.83. The molecule has 0 spiro atoms. The molecule has 1 aliphatic rings. The van der Waals surface area contributed by atoms with Crippen LogP contribution in [0.4, 0.5) is 0 Å². The second-order valence-corrected chi connectivity index (χ2v) is 5.93. The Morgan fingerprint density at radius 3 is 2.90 bits per heavy atom. The molecule has 1 aromatic carbocycles. The summed E-state index contributed by atoms with van der Waals surface area (Å²) in [7, 11) is 1.62. The van der Waals surface area contributed by atoms with Gasteiger partial charge in [-0.1, -0.05) is 30.3 Å². The number of benzene rings is 1. The molecular weight excluding hydrogens is 286 g/mol. The topological polar surface area (TPSA) is 64.0 Å². The van der Waals surface area contributed by atoms with E-state index in [1.165, 1.54) is 16.4 Å². The van der Waals surface area contributed by atoms with E-state index in [1.807, 2.05) is 18.2 Å². The summed E-state index contributed by atoms with van der Waals surface area (Å²) in [5, 5.41) is 7.28. The molecule has 6 heteroatoms. The lowest BCUT2D eigenvalue weighted by atomic mass is 9.99. The van der Waals surface area contributed by atoms with Gasteiger partial charge in [0.2, 0.25) is 0 Å². The molecule has 1 aliphatic heterocycles. The molecule has 108 valence electrons. The number of rotatable bonds is 2. The van der Waals surface area contributed by atoms with Gasteiger partial charge in [-0.25, -0.2) is 4.68 Å². The molecule has 0 radical (unpaired) electrons. The van der Waals surface area contributed by atoms with Gasteiger partial charge in [0.25, 0.3) is 5.56 Å². The van der Waals surface area contributed by atoms with Crippen LogP contribution in [0.15, 0.2) is 46.2 Å². The predicted molar refractivity (Wildman–Crippen MR) is 81.7 cm³/mol. The maximum Gasteiger partial charge on any atom is 0.280 e. The fourth-order valence-corrected chi connectivity index (χ4v) is 3.37. The Balaban J connectivity index is 2.07. The predicted octanol–water partition coefficient (Wildman–Crippen LogP) is 1.40. The summed E-state index contributed by atoms with van der Waals surface area (Å²) in [6.07, 6.45) is 1.62. The van der Waals surface area contributed by atoms with Crippen molar-refractivity contribution in [1.29, 1.82) is 0 Å². The number of ketones is 1. The fourth-order valence-electron chi connectivity index (χ4n) is 2.35. The first kappa shape index (κ1) is 14.0. The summed E-state index contributed by atoms with van der Waals surface area (Å²) in [6, 6.07) is 8.60. The van der Waals surface area contributed by atoms with E-state index in [2.05, 4.69) is 10.4 Å². The van der Waals surface area contributed by atoms with Crippen molar-refractivity contribution in [2.75, 3.05) is 12.3 Å². The molecule has 1 unspecified atom stereocenters. The maximum atomic E-state index is 12.7. The lowest BCUT2D eigenvalue weighted by Crippen LogP contribution is -2.31. The highest BCUT2D eigenvalue weighted by molar-refractivity contribution is 7.99. The molecule has 2 heterocycles. The molecule has 5 nitrogen and oxygen atoms in total. The van der Waals surface area contributed by atoms with E-state index < -0.39 is 6.04 Å². The number of hydrogen-bond acceptors (Lipinski definition) is 5. The van der Waals surface area contributed by atoms with E-state index in [0.29, 0.717) is 22.6 Å². The standard InChI is InChI=1S/C15H15N3O2S/c1-18-15(20)14-11(9-17-18)12(16-7-8-21-14)13(19)10-5-3-2-4-6-10/h2-6,9,12,16H,7-8H2,1H3. The highest BCUT2D eigenvalue weighted by atomic mass is 32.2. The van der Waals surface area contributed by atoms with Gasteiger partial charge in [0, 0.05) is 30.5 Å². The largest absolute Gasteiger partial charge is 0.303 e. The number of hydrogen-bond donors (Lipinski definition) is 1. The molecule has 1 aromatic heterocycles. The van der Waals surface area contributed by atoms with E-state index >= 15 is 0 Å². The van der Waals surface area contributed by atoms with Gasteiger partial charge in [-0.15, -0.1) is 11.8 Å². The van der Waals surface area contributed by atoms with Crippen molar-refractivity contribution in [2.24, 2.45) is 7.05 Å². The molecule has 0 fully saturated rings. The minimum Gasteiger partial charge on any atom is -0.303 e. The minimum atomic E-state index is -0.515. The molecule has 3 rings (SSSR count). The van der Waals surface area contributed by atoms with Crippen molar-refractivity contribution in [1.82, 2.24) is 15.1 Å². The number of aryl methyl sites for hydroxylation is 1. The highest BCUT2D eigenvalue weighted by Crippen LogP contribution is 2.28. The van der Waals surface area contributed by atoms with Crippen molar-refractivity contribution >= 4 is 17.5 Å². The van der Waals surface area contributed by atoms with Crippen LogP contribution in [0.25, 0.3) is 0 Å². The minimum absolute atomic E-state index is 0.0330. The Hall–Kier alpha value is -1.92. The number of Topliss-reactive ketones (excluding diaryl/α,β-unsaturated/α-hetero) is 1. The van der Waals surface area contributed by atoms with Crippen molar-refractivity contribution in [2.45, 2.75) is 10.9 Å². The van der Waals surface area contributed by atoms with Gasteiger partial charge in [0.05, 0.1) is 17.1 Å². The van der Waals surface area contributed by atoms with Gasteiger partial charge in [-0.2, -0.15) is 5.10 Å². The van der Waals surface area contributed by atoms with E-state index in [0.717, 1.165) is 5.75 Å². The molecule has 0 aliphatic carbocycles. The summed E-state index contributed by atoms with van der Waals surface area (Å²) >= 11 is 1.48. The molecule has 0 amide bonds. The summed E-state index contributed by atoms with van der Waals surface area (Å²) in [5.41, 5.74) is 1.16. The van der Waals surface area contributed by atoms with Crippen LogP contribution in [0.1, 0.15) is 22.0 Å². The number of aromatic nitrogens is 2. The van der Waals surface area contributed by atoms with Gasteiger partial charge < -0.3 is 5.32 Å². The second-order valence-electron chi connectivity index (χ2n) is 4.82. The number of fused-ring (bicyclic) bond motifs is 1. The first-order chi connectivity index (χ1) is 10.2. The van der Waals surface area contributed by atoms with Gasteiger partial charge in [0.1, 0.15) is 0 Å². The molecule has 21 heavy (non-hydrogen) atoms. The third-order valence-electron chi connectivity index (χ3n) is 3.45. The van der Waals surface area contributed by atoms with Crippen molar-refractivity contribution in [3.63, 3.8) is 0 Å². The Bertz CT molecular complexity index is 727. The molecule has 0 saturated heterocycles. The zero-order valence-corrected chi connectivity index (χ0v) is 12.4. The van der Waals surface area contributed by atoms with Crippen molar-refractivity contribution in [3.05, 3.63) is 58.0 Å². The summed E-state index contributed by atoms with van der Waals surface area (Å²) < 4.78 is 1.31. The normalized spacial score (nSPS) is 17.9. The fraction of sp³-hybridized carbons (Fsp3) is 0.267. The molecule has 1 atom stereocenters. The summed E-state index contributed by atoms with van der Waals surface area (Å²) in [5.74, 6) is 0.722. The smallest absolute Gasteiger partial charge is 0.280 e. The van der Waals surface area contributed by atoms with Gasteiger partial charge in [0.15, 0.2) is 5.78 Å². The zero-order chi connectivity index (χ0) is 14.8. The molecule has 0 bridgehead atoms. The van der Waals surface area contributed by atoms with E-state index in [1.54, 1.807) is 25.4 Å². The van der Waals surface area contributed by atoms with E-state index in [4.69, 9.17) is 0 Å². The molecule has 2 aromatic rings. The van der Waals surface area contributed by atoms with Crippen LogP contribution < -0.4 is 10.9 Å². The zero-order valence-electron chi connectivity index (χ0n) is 11.6. The van der Waals surface area contributed by atoms with Gasteiger partial charge in [-0.3, -0.25) is 9.59 Å². The third kappa shape index (κ3) is 2.64. The first-order valence-electron chi connectivity index (χ1n) is 6.70. The van der Waals surface area contributed by atoms with Crippen LogP contribution in [-0.4, -0.2) is 27.9 Å². The number of nitrogens with zero attached hydrogens (tertiary/aromatic N) is 2. The monoisotopic (exact) mass is 301 g/mol. The van der Waals surface area contributed by atoms with Crippen molar-refractivity contribution in [3.8, 4) is 0 Å². The number of nitrogens with one attached hydrogen (secondary N) is 1. The number of thioether (sulfide) groups is 1. The molecule has 0 saturated carbocycles. The van der Waals surface area contributed by atoms with Crippen LogP contribution in [0, 0.1) is 0 Å². The molecule has 1 N–H and O–H groups in total. The van der Waals surface area contributed by atoms with Gasteiger partial charge >= 0.3 is 0 Å². The Kier molecular flexibility index (Phi) is 3.90.